The summed E-state index contributed by atoms with van der Waals surface area (Å²) in [6.07, 6.45) is 0. The van der Waals surface area contributed by atoms with E-state index in [2.05, 4.69) is 10.6 Å². The van der Waals surface area contributed by atoms with E-state index >= 15 is 0 Å². The lowest BCUT2D eigenvalue weighted by atomic mass is 10.1. The number of aryl methyl sites for hydroxylation is 2. The smallest absolute Gasteiger partial charge is 0.262 e. The molecule has 2 amide bonds. The molecule has 0 aliphatic rings. The van der Waals surface area contributed by atoms with Crippen LogP contribution in [0.4, 0.5) is 11.4 Å². The molecular weight excluding hydrogens is 428 g/mol. The molecule has 0 fully saturated rings. The molecule has 0 saturated carbocycles. The lowest BCUT2D eigenvalue weighted by molar-refractivity contribution is -0.118. The van der Waals surface area contributed by atoms with Gasteiger partial charge >= 0.3 is 0 Å². The molecule has 4 rings (SSSR count). The minimum Gasteiger partial charge on any atom is -0.484 e. The van der Waals surface area contributed by atoms with Crippen molar-refractivity contribution in [2.75, 3.05) is 23.8 Å². The molecule has 0 heterocycles. The summed E-state index contributed by atoms with van der Waals surface area (Å²) in [4.78, 5) is 25.0. The zero-order chi connectivity index (χ0) is 23.9. The fourth-order valence-corrected chi connectivity index (χ4v) is 3.61. The van der Waals surface area contributed by atoms with Gasteiger partial charge in [-0.15, -0.1) is 0 Å². The summed E-state index contributed by atoms with van der Waals surface area (Å²) >= 11 is 0. The van der Waals surface area contributed by atoms with E-state index in [0.717, 1.165) is 21.9 Å². The third kappa shape index (κ3) is 5.92. The maximum absolute atomic E-state index is 12.5. The molecule has 6 nitrogen and oxygen atoms in total. The van der Waals surface area contributed by atoms with Gasteiger partial charge in [-0.2, -0.15) is 0 Å². The molecule has 0 aliphatic heterocycles. The highest BCUT2D eigenvalue weighted by atomic mass is 16.5. The Morgan fingerprint density at radius 3 is 1.44 bits per heavy atom. The van der Waals surface area contributed by atoms with Gasteiger partial charge in [0.05, 0.1) is 0 Å². The van der Waals surface area contributed by atoms with E-state index in [9.17, 15) is 9.59 Å². The molecule has 0 radical (unpaired) electrons. The van der Waals surface area contributed by atoms with Crippen molar-refractivity contribution in [2.24, 2.45) is 0 Å². The summed E-state index contributed by atoms with van der Waals surface area (Å²) in [7, 11) is 0. The molecule has 0 spiro atoms. The van der Waals surface area contributed by atoms with Crippen molar-refractivity contribution in [1.29, 1.82) is 0 Å². The molecule has 4 aromatic rings. The highest BCUT2D eigenvalue weighted by Gasteiger charge is 2.11. The number of ether oxygens (including phenoxy) is 2. The predicted octanol–water partition coefficient (Wildman–Crippen LogP) is 5.49. The number of benzene rings is 4. The van der Waals surface area contributed by atoms with E-state index in [1.807, 2.05) is 98.8 Å². The van der Waals surface area contributed by atoms with Crippen molar-refractivity contribution in [2.45, 2.75) is 13.8 Å². The highest BCUT2D eigenvalue weighted by molar-refractivity contribution is 6.09. The highest BCUT2D eigenvalue weighted by Crippen LogP contribution is 2.29. The third-order valence-electron chi connectivity index (χ3n) is 5.19. The number of anilines is 2. The van der Waals surface area contributed by atoms with Crippen molar-refractivity contribution in [1.82, 2.24) is 0 Å². The number of hydrogen-bond donors (Lipinski definition) is 2. The molecule has 6 heteroatoms. The summed E-state index contributed by atoms with van der Waals surface area (Å²) in [6.45, 7) is 3.72. The second-order valence-electron chi connectivity index (χ2n) is 8.01. The van der Waals surface area contributed by atoms with E-state index in [1.54, 1.807) is 0 Å². The first-order chi connectivity index (χ1) is 16.5. The van der Waals surface area contributed by atoms with Crippen molar-refractivity contribution in [3.63, 3.8) is 0 Å². The van der Waals surface area contributed by atoms with Gasteiger partial charge in [0.25, 0.3) is 11.8 Å². The molecule has 4 aromatic carbocycles. The molecule has 2 N–H and O–H groups in total. The third-order valence-corrected chi connectivity index (χ3v) is 5.19. The van der Waals surface area contributed by atoms with Crippen molar-refractivity contribution in [3.05, 3.63) is 96.1 Å². The molecular formula is C28H26N2O4. The number of fused-ring (bicyclic) bond motifs is 1. The van der Waals surface area contributed by atoms with Crippen LogP contribution in [0.3, 0.4) is 0 Å². The summed E-state index contributed by atoms with van der Waals surface area (Å²) < 4.78 is 11.2. The largest absolute Gasteiger partial charge is 0.484 e. The zero-order valence-corrected chi connectivity index (χ0v) is 19.1. The van der Waals surface area contributed by atoms with Crippen LogP contribution in [0.25, 0.3) is 10.8 Å². The number of carbonyl (C=O) groups excluding carboxylic acids is 2. The second kappa shape index (κ2) is 10.5. The second-order valence-corrected chi connectivity index (χ2v) is 8.01. The van der Waals surface area contributed by atoms with Gasteiger partial charge in [-0.25, -0.2) is 0 Å². The molecule has 0 aromatic heterocycles. The Bertz CT molecular complexity index is 1230. The number of rotatable bonds is 8. The first-order valence-electron chi connectivity index (χ1n) is 11.0. The van der Waals surface area contributed by atoms with Gasteiger partial charge in [0.15, 0.2) is 13.2 Å². The van der Waals surface area contributed by atoms with Gasteiger partial charge in [-0.05, 0) is 61.4 Å². The Morgan fingerprint density at radius 2 is 1.03 bits per heavy atom. The topological polar surface area (TPSA) is 76.7 Å². The van der Waals surface area contributed by atoms with Gasteiger partial charge in [0.2, 0.25) is 0 Å². The van der Waals surface area contributed by atoms with Gasteiger partial charge in [-0.1, -0.05) is 48.5 Å². The van der Waals surface area contributed by atoms with E-state index in [4.69, 9.17) is 9.47 Å². The van der Waals surface area contributed by atoms with Gasteiger partial charge in [0.1, 0.15) is 11.5 Å². The maximum Gasteiger partial charge on any atom is 0.262 e. The van der Waals surface area contributed by atoms with Crippen LogP contribution in [0.5, 0.6) is 11.5 Å². The number of carbonyl (C=O) groups is 2. The maximum atomic E-state index is 12.5. The first kappa shape index (κ1) is 22.9. The Kier molecular flexibility index (Phi) is 7.08. The van der Waals surface area contributed by atoms with Crippen LogP contribution in [0.15, 0.2) is 84.9 Å². The monoisotopic (exact) mass is 454 g/mol. The lowest BCUT2D eigenvalue weighted by Gasteiger charge is -2.13. The molecule has 34 heavy (non-hydrogen) atoms. The normalized spacial score (nSPS) is 10.5. The number of amides is 2. The number of nitrogens with one attached hydrogen (secondary N) is 2. The molecule has 172 valence electrons. The van der Waals surface area contributed by atoms with Crippen LogP contribution in [0, 0.1) is 13.8 Å². The van der Waals surface area contributed by atoms with Crippen LogP contribution < -0.4 is 20.1 Å². The van der Waals surface area contributed by atoms with Crippen LogP contribution in [0.2, 0.25) is 0 Å². The Labute approximate surface area is 198 Å². The standard InChI is InChI=1S/C28H26N2O4/c1-19-7-3-9-21(15-19)33-17-27(31)29-25-13-5-12-24-23(25)11-6-14-26(24)30-28(32)18-34-22-10-4-8-20(2)16-22/h3-16H,17-18H2,1-2H3,(H,29,31)(H,30,32). The fraction of sp³-hybridized carbons (Fsp3) is 0.143. The van der Waals surface area contributed by atoms with Gasteiger partial charge in [0, 0.05) is 22.1 Å². The minimum atomic E-state index is -0.269. The van der Waals surface area contributed by atoms with Gasteiger partial charge in [-0.3, -0.25) is 9.59 Å². The summed E-state index contributed by atoms with van der Waals surface area (Å²) in [6, 6.07) is 26.2. The Morgan fingerprint density at radius 1 is 0.618 bits per heavy atom. The lowest BCUT2D eigenvalue weighted by Crippen LogP contribution is -2.21. The minimum absolute atomic E-state index is 0.105. The average Bonchev–Trinajstić information content (AvgIpc) is 2.82. The molecule has 0 atom stereocenters. The van der Waals surface area contributed by atoms with Crippen LogP contribution >= 0.6 is 0 Å². The SMILES string of the molecule is Cc1cccc(OCC(=O)Nc2cccc3c(NC(=O)COc4cccc(C)c4)cccc23)c1. The van der Waals surface area contributed by atoms with E-state index in [-0.39, 0.29) is 25.0 Å². The Hall–Kier alpha value is -4.32. The fourth-order valence-electron chi connectivity index (χ4n) is 3.61. The molecule has 0 saturated heterocycles. The quantitative estimate of drug-likeness (QED) is 0.369. The van der Waals surface area contributed by atoms with E-state index in [1.165, 1.54) is 0 Å². The van der Waals surface area contributed by atoms with E-state index in [0.29, 0.717) is 22.9 Å². The van der Waals surface area contributed by atoms with Gasteiger partial charge < -0.3 is 20.1 Å². The molecule has 0 aliphatic carbocycles. The molecule has 0 bridgehead atoms. The summed E-state index contributed by atoms with van der Waals surface area (Å²) in [5, 5.41) is 7.42. The van der Waals surface area contributed by atoms with Crippen LogP contribution in [-0.4, -0.2) is 25.0 Å². The van der Waals surface area contributed by atoms with Crippen LogP contribution in [0.1, 0.15) is 11.1 Å². The van der Waals surface area contributed by atoms with Crippen LogP contribution in [-0.2, 0) is 9.59 Å². The molecule has 0 unspecified atom stereocenters. The number of hydrogen-bond acceptors (Lipinski definition) is 4. The first-order valence-corrected chi connectivity index (χ1v) is 11.0. The van der Waals surface area contributed by atoms with E-state index < -0.39 is 0 Å². The Balaban J connectivity index is 1.42. The predicted molar refractivity (Wildman–Crippen MR) is 135 cm³/mol. The van der Waals surface area contributed by atoms with Crippen molar-refractivity contribution in [3.8, 4) is 11.5 Å². The summed E-state index contributed by atoms with van der Waals surface area (Å²) in [5.41, 5.74) is 3.40. The summed E-state index contributed by atoms with van der Waals surface area (Å²) in [5.74, 6) is 0.752. The average molecular weight is 455 g/mol. The van der Waals surface area contributed by atoms with Crippen molar-refractivity contribution < 1.29 is 19.1 Å². The van der Waals surface area contributed by atoms with Crippen molar-refractivity contribution >= 4 is 34.0 Å². The zero-order valence-electron chi connectivity index (χ0n) is 19.1.